The number of aromatic nitrogens is 2. The molecule has 6 heteroatoms. The number of nitrogens with one attached hydrogen (secondary N) is 1. The summed E-state index contributed by atoms with van der Waals surface area (Å²) in [5, 5.41) is 7.79. The Morgan fingerprint density at radius 3 is 2.70 bits per heavy atom. The van der Waals surface area contributed by atoms with Gasteiger partial charge in [0.15, 0.2) is 5.11 Å². The number of carbonyl (C=O) groups excluding carboxylic acids is 1. The van der Waals surface area contributed by atoms with Crippen molar-refractivity contribution in [2.75, 3.05) is 0 Å². The van der Waals surface area contributed by atoms with Crippen molar-refractivity contribution in [3.05, 3.63) is 59.5 Å². The molecule has 23 heavy (non-hydrogen) atoms. The summed E-state index contributed by atoms with van der Waals surface area (Å²) in [6.45, 7) is 4.78. The quantitative estimate of drug-likeness (QED) is 0.693. The van der Waals surface area contributed by atoms with Crippen LogP contribution in [0.5, 0.6) is 0 Å². The van der Waals surface area contributed by atoms with Crippen LogP contribution in [0, 0.1) is 0 Å². The molecule has 3 rings (SSSR count). The van der Waals surface area contributed by atoms with Crippen molar-refractivity contribution in [1.29, 1.82) is 0 Å². The molecule has 1 atom stereocenters. The number of nitrogens with zero attached hydrogens (tertiary/aromatic N) is 3. The van der Waals surface area contributed by atoms with Crippen molar-refractivity contribution in [3.63, 3.8) is 0 Å². The molecule has 0 saturated carbocycles. The molecule has 0 aliphatic carbocycles. The van der Waals surface area contributed by atoms with Crippen LogP contribution in [0.25, 0.3) is 6.08 Å². The highest BCUT2D eigenvalue weighted by Crippen LogP contribution is 2.25. The molecule has 1 aliphatic heterocycles. The Balaban J connectivity index is 1.85. The largest absolute Gasteiger partial charge is 0.328 e. The smallest absolute Gasteiger partial charge is 0.277 e. The number of aryl methyl sites for hydroxylation is 1. The standard InChI is InChI=1S/C17H18N4OS/c1-3-20-10-9-14(19-20)11-15-16(22)21(17(23)18-15)12(2)13-7-5-4-6-8-13/h4-12H,3H2,1-2H3,(H,18,23)/b15-11-. The lowest BCUT2D eigenvalue weighted by Gasteiger charge is -2.23. The Bertz CT molecular complexity index is 766. The average molecular weight is 326 g/mol. The molecule has 1 amide bonds. The number of rotatable bonds is 4. The fraction of sp³-hybridized carbons (Fsp3) is 0.235. The SMILES string of the molecule is CCn1ccc(/C=C2\NC(=S)N(C(C)c3ccccc3)C2=O)n1. The van der Waals surface area contributed by atoms with E-state index in [2.05, 4.69) is 10.4 Å². The molecule has 0 radical (unpaired) electrons. The van der Waals surface area contributed by atoms with E-state index in [1.165, 1.54) is 0 Å². The Morgan fingerprint density at radius 1 is 1.30 bits per heavy atom. The van der Waals surface area contributed by atoms with Gasteiger partial charge in [-0.2, -0.15) is 5.10 Å². The first kappa shape index (κ1) is 15.4. The van der Waals surface area contributed by atoms with Crippen molar-refractivity contribution in [2.45, 2.75) is 26.4 Å². The molecule has 1 N–H and O–H groups in total. The number of carbonyl (C=O) groups is 1. The maximum Gasteiger partial charge on any atom is 0.277 e. The van der Waals surface area contributed by atoms with Crippen molar-refractivity contribution in [2.24, 2.45) is 0 Å². The number of amides is 1. The van der Waals surface area contributed by atoms with Crippen LogP contribution in [0.4, 0.5) is 0 Å². The number of thiocarbonyl (C=S) groups is 1. The van der Waals surface area contributed by atoms with Gasteiger partial charge in [0.25, 0.3) is 5.91 Å². The minimum atomic E-state index is -0.127. The van der Waals surface area contributed by atoms with Crippen LogP contribution in [0.3, 0.4) is 0 Å². The molecule has 1 aromatic heterocycles. The molecule has 0 bridgehead atoms. The summed E-state index contributed by atoms with van der Waals surface area (Å²) < 4.78 is 1.81. The number of hydrogen-bond donors (Lipinski definition) is 1. The molecule has 1 aromatic carbocycles. The van der Waals surface area contributed by atoms with E-state index in [1.807, 2.05) is 61.1 Å². The summed E-state index contributed by atoms with van der Waals surface area (Å²) in [6.07, 6.45) is 3.62. The van der Waals surface area contributed by atoms with Crippen LogP contribution in [-0.2, 0) is 11.3 Å². The van der Waals surface area contributed by atoms with E-state index >= 15 is 0 Å². The van der Waals surface area contributed by atoms with Crippen molar-refractivity contribution >= 4 is 29.3 Å². The summed E-state index contributed by atoms with van der Waals surface area (Å²) in [6, 6.07) is 11.6. The molecule has 0 spiro atoms. The maximum atomic E-state index is 12.7. The van der Waals surface area contributed by atoms with Crippen LogP contribution in [0.2, 0.25) is 0 Å². The molecule has 1 unspecified atom stereocenters. The third-order valence-corrected chi connectivity index (χ3v) is 4.16. The first-order valence-electron chi connectivity index (χ1n) is 7.54. The summed E-state index contributed by atoms with van der Waals surface area (Å²) in [5.41, 5.74) is 2.24. The number of benzene rings is 1. The Morgan fingerprint density at radius 2 is 2.04 bits per heavy atom. The molecular formula is C17H18N4OS. The normalized spacial score (nSPS) is 17.7. The van der Waals surface area contributed by atoms with Crippen LogP contribution in [0.15, 0.2) is 48.3 Å². The van der Waals surface area contributed by atoms with Crippen molar-refractivity contribution in [1.82, 2.24) is 20.0 Å². The molecule has 118 valence electrons. The van der Waals surface area contributed by atoms with E-state index in [-0.39, 0.29) is 11.9 Å². The minimum absolute atomic E-state index is 0.122. The van der Waals surface area contributed by atoms with Gasteiger partial charge in [-0.15, -0.1) is 0 Å². The van der Waals surface area contributed by atoms with Gasteiger partial charge < -0.3 is 5.32 Å². The molecule has 2 aromatic rings. The van der Waals surface area contributed by atoms with E-state index in [9.17, 15) is 4.79 Å². The predicted molar refractivity (Wildman–Crippen MR) is 93.3 cm³/mol. The van der Waals surface area contributed by atoms with E-state index in [1.54, 1.807) is 11.0 Å². The molecular weight excluding hydrogens is 308 g/mol. The highest BCUT2D eigenvalue weighted by molar-refractivity contribution is 7.80. The van der Waals surface area contributed by atoms with Gasteiger partial charge in [0.2, 0.25) is 0 Å². The van der Waals surface area contributed by atoms with Crippen LogP contribution in [0.1, 0.15) is 31.1 Å². The third-order valence-electron chi connectivity index (χ3n) is 3.86. The predicted octanol–water partition coefficient (Wildman–Crippen LogP) is 2.72. The average Bonchev–Trinajstić information content (AvgIpc) is 3.13. The second-order valence-corrected chi connectivity index (χ2v) is 5.73. The molecule has 1 aliphatic rings. The zero-order valence-corrected chi connectivity index (χ0v) is 13.9. The van der Waals surface area contributed by atoms with Gasteiger partial charge in [0.1, 0.15) is 5.70 Å². The third kappa shape index (κ3) is 3.03. The Kier molecular flexibility index (Phi) is 4.25. The van der Waals surface area contributed by atoms with Gasteiger partial charge in [-0.3, -0.25) is 14.4 Å². The lowest BCUT2D eigenvalue weighted by molar-refractivity contribution is -0.123. The van der Waals surface area contributed by atoms with Crippen molar-refractivity contribution in [3.8, 4) is 0 Å². The minimum Gasteiger partial charge on any atom is -0.328 e. The topological polar surface area (TPSA) is 50.2 Å². The van der Waals surface area contributed by atoms with E-state index in [0.29, 0.717) is 10.8 Å². The van der Waals surface area contributed by atoms with Gasteiger partial charge in [0.05, 0.1) is 11.7 Å². The van der Waals surface area contributed by atoms with Crippen LogP contribution >= 0.6 is 12.2 Å². The van der Waals surface area contributed by atoms with Gasteiger partial charge in [-0.25, -0.2) is 0 Å². The lowest BCUT2D eigenvalue weighted by atomic mass is 10.1. The molecule has 1 fully saturated rings. The molecule has 5 nitrogen and oxygen atoms in total. The summed E-state index contributed by atoms with van der Waals surface area (Å²) in [7, 11) is 0. The van der Waals surface area contributed by atoms with E-state index < -0.39 is 0 Å². The zero-order chi connectivity index (χ0) is 16.4. The van der Waals surface area contributed by atoms with E-state index in [0.717, 1.165) is 17.8 Å². The fourth-order valence-electron chi connectivity index (χ4n) is 2.56. The van der Waals surface area contributed by atoms with E-state index in [4.69, 9.17) is 12.2 Å². The fourth-order valence-corrected chi connectivity index (χ4v) is 2.91. The summed E-state index contributed by atoms with van der Waals surface area (Å²) in [5.74, 6) is -0.127. The van der Waals surface area contributed by atoms with Gasteiger partial charge in [-0.05, 0) is 43.8 Å². The van der Waals surface area contributed by atoms with Gasteiger partial charge >= 0.3 is 0 Å². The van der Waals surface area contributed by atoms with Crippen molar-refractivity contribution < 1.29 is 4.79 Å². The Labute approximate surface area is 140 Å². The first-order chi connectivity index (χ1) is 11.1. The molecule has 1 saturated heterocycles. The van der Waals surface area contributed by atoms with Gasteiger partial charge in [0, 0.05) is 12.7 Å². The van der Waals surface area contributed by atoms with Crippen LogP contribution < -0.4 is 5.32 Å². The first-order valence-corrected chi connectivity index (χ1v) is 7.95. The summed E-state index contributed by atoms with van der Waals surface area (Å²) >= 11 is 5.34. The zero-order valence-electron chi connectivity index (χ0n) is 13.1. The monoisotopic (exact) mass is 326 g/mol. The second-order valence-electron chi connectivity index (χ2n) is 5.35. The second kappa shape index (κ2) is 6.34. The summed E-state index contributed by atoms with van der Waals surface area (Å²) in [4.78, 5) is 14.3. The van der Waals surface area contributed by atoms with Crippen LogP contribution in [-0.4, -0.2) is 25.7 Å². The number of hydrogen-bond acceptors (Lipinski definition) is 3. The highest BCUT2D eigenvalue weighted by Gasteiger charge is 2.34. The van der Waals surface area contributed by atoms with Gasteiger partial charge in [-0.1, -0.05) is 30.3 Å². The maximum absolute atomic E-state index is 12.7. The Hall–Kier alpha value is -2.47. The molecule has 2 heterocycles. The highest BCUT2D eigenvalue weighted by atomic mass is 32.1. The lowest BCUT2D eigenvalue weighted by Crippen LogP contribution is -2.33.